The van der Waals surface area contributed by atoms with Gasteiger partial charge >= 0.3 is 6.03 Å². The van der Waals surface area contributed by atoms with Crippen molar-refractivity contribution >= 4 is 35.1 Å². The van der Waals surface area contributed by atoms with Gasteiger partial charge in [0, 0.05) is 10.6 Å². The molecule has 8 heteroatoms. The number of ether oxygens (including phenoxy) is 1. The van der Waals surface area contributed by atoms with E-state index in [4.69, 9.17) is 16.3 Å². The Morgan fingerprint density at radius 3 is 2.47 bits per heavy atom. The summed E-state index contributed by atoms with van der Waals surface area (Å²) in [5.74, 6) is -0.352. The molecule has 0 unspecified atom stereocenters. The SMILES string of the molecule is C[C@]1(c2ccccc2Cl)NC(=O)N(CC(=O)N2c3ccccc3OC[C@@H]2c2ccccc2)C1=O. The van der Waals surface area contributed by atoms with Gasteiger partial charge in [-0.3, -0.25) is 19.4 Å². The lowest BCUT2D eigenvalue weighted by Gasteiger charge is -2.37. The van der Waals surface area contributed by atoms with Gasteiger partial charge in [-0.05, 0) is 30.7 Å². The third-order valence-electron chi connectivity index (χ3n) is 6.27. The Kier molecular flexibility index (Phi) is 5.49. The molecule has 1 fully saturated rings. The van der Waals surface area contributed by atoms with E-state index in [2.05, 4.69) is 5.32 Å². The van der Waals surface area contributed by atoms with Crippen LogP contribution in [0, 0.1) is 0 Å². The van der Waals surface area contributed by atoms with E-state index in [0.717, 1.165) is 10.5 Å². The molecule has 7 nitrogen and oxygen atoms in total. The van der Waals surface area contributed by atoms with Crippen molar-refractivity contribution in [2.24, 2.45) is 0 Å². The monoisotopic (exact) mass is 475 g/mol. The predicted octanol–water partition coefficient (Wildman–Crippen LogP) is 4.27. The number of fused-ring (bicyclic) bond motifs is 1. The Balaban J connectivity index is 1.47. The van der Waals surface area contributed by atoms with Crippen molar-refractivity contribution in [2.75, 3.05) is 18.1 Å². The molecule has 1 saturated heterocycles. The minimum atomic E-state index is -1.36. The highest BCUT2D eigenvalue weighted by Crippen LogP contribution is 2.40. The number of halogens is 1. The molecule has 5 rings (SSSR count). The first kappa shape index (κ1) is 22.0. The first-order chi connectivity index (χ1) is 16.4. The molecule has 2 aliphatic heterocycles. The quantitative estimate of drug-likeness (QED) is 0.571. The van der Waals surface area contributed by atoms with Crippen LogP contribution < -0.4 is 15.0 Å². The standard InChI is InChI=1S/C26H22ClN3O4/c1-26(18-11-5-6-12-19(18)27)24(32)29(25(33)28-26)15-23(31)30-20-13-7-8-14-22(20)34-16-21(30)17-9-3-2-4-10-17/h2-14,21H,15-16H2,1H3,(H,28,33)/t21-,26-/m1/s1. The minimum absolute atomic E-state index is 0.254. The van der Waals surface area contributed by atoms with Gasteiger partial charge in [0.25, 0.3) is 5.91 Å². The van der Waals surface area contributed by atoms with E-state index in [1.165, 1.54) is 0 Å². The fourth-order valence-corrected chi connectivity index (χ4v) is 4.84. The smallest absolute Gasteiger partial charge is 0.325 e. The normalized spacial score (nSPS) is 21.6. The average molecular weight is 476 g/mol. The number of carbonyl (C=O) groups excluding carboxylic acids is 3. The van der Waals surface area contributed by atoms with Gasteiger partial charge in [0.1, 0.15) is 24.4 Å². The van der Waals surface area contributed by atoms with Crippen molar-refractivity contribution < 1.29 is 19.1 Å². The molecule has 2 heterocycles. The maximum absolute atomic E-state index is 13.7. The van der Waals surface area contributed by atoms with Crippen molar-refractivity contribution in [1.29, 1.82) is 0 Å². The highest BCUT2D eigenvalue weighted by atomic mass is 35.5. The Morgan fingerprint density at radius 2 is 1.71 bits per heavy atom. The molecule has 34 heavy (non-hydrogen) atoms. The van der Waals surface area contributed by atoms with Gasteiger partial charge in [0.05, 0.1) is 11.7 Å². The Morgan fingerprint density at radius 1 is 1.03 bits per heavy atom. The summed E-state index contributed by atoms with van der Waals surface area (Å²) >= 11 is 6.31. The van der Waals surface area contributed by atoms with E-state index in [9.17, 15) is 14.4 Å². The number of benzene rings is 3. The van der Waals surface area contributed by atoms with Gasteiger partial charge in [-0.2, -0.15) is 0 Å². The number of hydrogen-bond donors (Lipinski definition) is 1. The summed E-state index contributed by atoms with van der Waals surface area (Å²) in [5.41, 5.74) is 0.595. The molecule has 0 saturated carbocycles. The maximum Gasteiger partial charge on any atom is 0.325 e. The van der Waals surface area contributed by atoms with Crippen LogP contribution >= 0.6 is 11.6 Å². The lowest BCUT2D eigenvalue weighted by molar-refractivity contribution is -0.134. The Bertz CT molecular complexity index is 1280. The third kappa shape index (κ3) is 3.58. The second-order valence-corrected chi connectivity index (χ2v) is 8.80. The molecule has 1 N–H and O–H groups in total. The molecular weight excluding hydrogens is 454 g/mol. The number of imide groups is 1. The van der Waals surface area contributed by atoms with Crippen molar-refractivity contribution in [1.82, 2.24) is 10.2 Å². The number of hydrogen-bond acceptors (Lipinski definition) is 4. The van der Waals surface area contributed by atoms with Gasteiger partial charge in [0.2, 0.25) is 5.91 Å². The minimum Gasteiger partial charge on any atom is -0.489 e. The molecule has 0 spiro atoms. The summed E-state index contributed by atoms with van der Waals surface area (Å²) < 4.78 is 5.92. The number of para-hydroxylation sites is 2. The largest absolute Gasteiger partial charge is 0.489 e. The molecule has 0 radical (unpaired) electrons. The maximum atomic E-state index is 13.7. The van der Waals surface area contributed by atoms with Gasteiger partial charge in [-0.15, -0.1) is 0 Å². The molecule has 3 aromatic carbocycles. The highest BCUT2D eigenvalue weighted by molar-refractivity contribution is 6.32. The number of amides is 4. The number of urea groups is 1. The van der Waals surface area contributed by atoms with Crippen LogP contribution in [0.5, 0.6) is 5.75 Å². The van der Waals surface area contributed by atoms with E-state index in [0.29, 0.717) is 22.0 Å². The molecule has 2 aliphatic rings. The Hall–Kier alpha value is -3.84. The molecule has 3 aromatic rings. The number of nitrogens with zero attached hydrogens (tertiary/aromatic N) is 2. The van der Waals surface area contributed by atoms with Gasteiger partial charge in [-0.25, -0.2) is 4.79 Å². The van der Waals surface area contributed by atoms with E-state index >= 15 is 0 Å². The third-order valence-corrected chi connectivity index (χ3v) is 6.60. The van der Waals surface area contributed by atoms with Crippen LogP contribution in [-0.2, 0) is 15.1 Å². The van der Waals surface area contributed by atoms with Crippen LogP contribution in [0.4, 0.5) is 10.5 Å². The summed E-state index contributed by atoms with van der Waals surface area (Å²) in [7, 11) is 0. The second kappa shape index (κ2) is 8.50. The first-order valence-corrected chi connectivity index (χ1v) is 11.3. The fourth-order valence-electron chi connectivity index (χ4n) is 4.52. The van der Waals surface area contributed by atoms with Crippen LogP contribution in [0.2, 0.25) is 5.02 Å². The van der Waals surface area contributed by atoms with Gasteiger partial charge < -0.3 is 10.1 Å². The lowest BCUT2D eigenvalue weighted by Crippen LogP contribution is -2.48. The average Bonchev–Trinajstić information content (AvgIpc) is 3.07. The van der Waals surface area contributed by atoms with Crippen LogP contribution in [-0.4, -0.2) is 35.9 Å². The van der Waals surface area contributed by atoms with Gasteiger partial charge in [-0.1, -0.05) is 72.3 Å². The molecule has 4 amide bonds. The molecule has 0 bridgehead atoms. The summed E-state index contributed by atoms with van der Waals surface area (Å²) in [6.45, 7) is 1.43. The van der Waals surface area contributed by atoms with E-state index in [1.54, 1.807) is 48.2 Å². The summed E-state index contributed by atoms with van der Waals surface area (Å²) in [4.78, 5) is 42.5. The predicted molar refractivity (Wildman–Crippen MR) is 128 cm³/mol. The van der Waals surface area contributed by atoms with E-state index in [1.807, 2.05) is 42.5 Å². The zero-order valence-electron chi connectivity index (χ0n) is 18.4. The topological polar surface area (TPSA) is 79.0 Å². The number of carbonyl (C=O) groups is 3. The highest BCUT2D eigenvalue weighted by Gasteiger charge is 2.51. The molecule has 0 aliphatic carbocycles. The van der Waals surface area contributed by atoms with Crippen LogP contribution in [0.3, 0.4) is 0 Å². The Labute approximate surface area is 201 Å². The first-order valence-electron chi connectivity index (χ1n) is 10.9. The molecule has 2 atom stereocenters. The van der Waals surface area contributed by atoms with E-state index < -0.39 is 36.0 Å². The molecule has 0 aromatic heterocycles. The summed E-state index contributed by atoms with van der Waals surface area (Å²) in [6, 6.07) is 22.6. The van der Waals surface area contributed by atoms with Crippen LogP contribution in [0.15, 0.2) is 78.9 Å². The fraction of sp³-hybridized carbons (Fsp3) is 0.192. The summed E-state index contributed by atoms with van der Waals surface area (Å²) in [6.07, 6.45) is 0. The molecule has 172 valence electrons. The van der Waals surface area contributed by atoms with Crippen LogP contribution in [0.1, 0.15) is 24.1 Å². The lowest BCUT2D eigenvalue weighted by atomic mass is 9.92. The van der Waals surface area contributed by atoms with E-state index in [-0.39, 0.29) is 6.61 Å². The summed E-state index contributed by atoms with van der Waals surface area (Å²) in [5, 5.41) is 3.07. The van der Waals surface area contributed by atoms with Gasteiger partial charge in [0.15, 0.2) is 0 Å². The van der Waals surface area contributed by atoms with Crippen molar-refractivity contribution in [3.05, 3.63) is 95.0 Å². The number of anilines is 1. The second-order valence-electron chi connectivity index (χ2n) is 8.40. The zero-order valence-corrected chi connectivity index (χ0v) is 19.2. The molecular formula is C26H22ClN3O4. The number of nitrogens with one attached hydrogen (secondary N) is 1. The van der Waals surface area contributed by atoms with Crippen molar-refractivity contribution in [3.8, 4) is 5.75 Å². The number of rotatable bonds is 4. The van der Waals surface area contributed by atoms with Crippen molar-refractivity contribution in [3.63, 3.8) is 0 Å². The van der Waals surface area contributed by atoms with Crippen LogP contribution in [0.25, 0.3) is 0 Å². The zero-order chi connectivity index (χ0) is 23.9. The van der Waals surface area contributed by atoms with Crippen molar-refractivity contribution in [2.45, 2.75) is 18.5 Å².